The maximum absolute atomic E-state index is 12.8. The zero-order valence-corrected chi connectivity index (χ0v) is 12.7. The number of rotatable bonds is 5. The van der Waals surface area contributed by atoms with Gasteiger partial charge in [-0.25, -0.2) is 0 Å². The predicted molar refractivity (Wildman–Crippen MR) is 84.6 cm³/mol. The highest BCUT2D eigenvalue weighted by Crippen LogP contribution is 2.31. The normalized spacial score (nSPS) is 14.0. The molecule has 0 atom stereocenters. The van der Waals surface area contributed by atoms with Crippen molar-refractivity contribution in [2.24, 2.45) is 0 Å². The van der Waals surface area contributed by atoms with E-state index in [0.29, 0.717) is 29.6 Å². The van der Waals surface area contributed by atoms with Crippen LogP contribution in [-0.2, 0) is 6.54 Å². The fourth-order valence-corrected chi connectivity index (χ4v) is 3.01. The molecule has 1 fully saturated rings. The van der Waals surface area contributed by atoms with Crippen molar-refractivity contribution >= 4 is 22.9 Å². The van der Waals surface area contributed by atoms with Crippen LogP contribution in [0.25, 0.3) is 0 Å². The highest BCUT2D eigenvalue weighted by Gasteiger charge is 2.33. The van der Waals surface area contributed by atoms with Gasteiger partial charge in [0.15, 0.2) is 0 Å². The largest absolute Gasteiger partial charge is 0.497 e. The molecule has 2 aromatic rings. The fraction of sp³-hybridized carbons (Fsp3) is 0.312. The molecule has 2 N–H and O–H groups in total. The highest BCUT2D eigenvalue weighted by molar-refractivity contribution is 7.07. The fourth-order valence-electron chi connectivity index (χ4n) is 2.35. The number of hydrogen-bond acceptors (Lipinski definition) is 4. The van der Waals surface area contributed by atoms with Crippen molar-refractivity contribution in [2.45, 2.75) is 25.4 Å². The number of methoxy groups -OCH3 is 1. The van der Waals surface area contributed by atoms with Gasteiger partial charge in [-0.1, -0.05) is 0 Å². The Kier molecular flexibility index (Phi) is 3.84. The van der Waals surface area contributed by atoms with E-state index in [1.165, 1.54) is 5.56 Å². The Hall–Kier alpha value is -2.01. The lowest BCUT2D eigenvalue weighted by molar-refractivity contribution is 0.0731. The van der Waals surface area contributed by atoms with Gasteiger partial charge in [-0.15, -0.1) is 0 Å². The Morgan fingerprint density at radius 1 is 1.43 bits per heavy atom. The average Bonchev–Trinajstić information content (AvgIpc) is 3.20. The molecular formula is C16H18N2O2S. The first-order valence-electron chi connectivity index (χ1n) is 6.94. The summed E-state index contributed by atoms with van der Waals surface area (Å²) in [6.07, 6.45) is 2.15. The van der Waals surface area contributed by atoms with Gasteiger partial charge in [-0.2, -0.15) is 11.3 Å². The number of nitrogens with zero attached hydrogens (tertiary/aromatic N) is 1. The molecule has 21 heavy (non-hydrogen) atoms. The van der Waals surface area contributed by atoms with E-state index in [-0.39, 0.29) is 5.91 Å². The lowest BCUT2D eigenvalue weighted by atomic mass is 10.1. The third-order valence-electron chi connectivity index (χ3n) is 3.67. The zero-order valence-electron chi connectivity index (χ0n) is 11.9. The molecule has 0 aliphatic heterocycles. The Bertz CT molecular complexity index is 636. The van der Waals surface area contributed by atoms with Crippen LogP contribution in [0, 0.1) is 0 Å². The molecule has 0 bridgehead atoms. The average molecular weight is 302 g/mol. The van der Waals surface area contributed by atoms with E-state index in [4.69, 9.17) is 10.5 Å². The van der Waals surface area contributed by atoms with Crippen LogP contribution >= 0.6 is 11.3 Å². The molecule has 0 radical (unpaired) electrons. The quantitative estimate of drug-likeness (QED) is 0.863. The van der Waals surface area contributed by atoms with Crippen molar-refractivity contribution in [3.63, 3.8) is 0 Å². The number of nitrogen functional groups attached to an aromatic ring is 1. The maximum atomic E-state index is 12.8. The van der Waals surface area contributed by atoms with Gasteiger partial charge in [-0.3, -0.25) is 4.79 Å². The van der Waals surface area contributed by atoms with Gasteiger partial charge in [0.25, 0.3) is 5.91 Å². The van der Waals surface area contributed by atoms with Crippen LogP contribution < -0.4 is 10.5 Å². The number of nitrogens with two attached hydrogens (primary N) is 1. The molecule has 5 heteroatoms. The third kappa shape index (κ3) is 3.03. The summed E-state index contributed by atoms with van der Waals surface area (Å²) in [6, 6.07) is 7.63. The van der Waals surface area contributed by atoms with Crippen molar-refractivity contribution in [3.8, 4) is 5.75 Å². The molecule has 1 aromatic carbocycles. The van der Waals surface area contributed by atoms with Crippen LogP contribution in [-0.4, -0.2) is 24.0 Å². The van der Waals surface area contributed by atoms with E-state index in [1.54, 1.807) is 36.6 Å². The van der Waals surface area contributed by atoms with E-state index in [9.17, 15) is 4.79 Å². The smallest absolute Gasteiger partial charge is 0.256 e. The molecule has 1 aromatic heterocycles. The number of ether oxygens (including phenoxy) is 1. The first-order valence-corrected chi connectivity index (χ1v) is 7.89. The summed E-state index contributed by atoms with van der Waals surface area (Å²) >= 11 is 1.65. The predicted octanol–water partition coefficient (Wildman–Crippen LogP) is 3.14. The molecule has 0 unspecified atom stereocenters. The molecule has 1 heterocycles. The van der Waals surface area contributed by atoms with Gasteiger partial charge < -0.3 is 15.4 Å². The topological polar surface area (TPSA) is 55.6 Å². The van der Waals surface area contributed by atoms with E-state index in [1.807, 2.05) is 10.3 Å². The number of thiophene rings is 1. The van der Waals surface area contributed by atoms with Crippen molar-refractivity contribution in [3.05, 3.63) is 46.2 Å². The number of carbonyl (C=O) groups is 1. The van der Waals surface area contributed by atoms with Crippen molar-refractivity contribution in [1.82, 2.24) is 4.90 Å². The van der Waals surface area contributed by atoms with Crippen LogP contribution in [0.4, 0.5) is 5.69 Å². The van der Waals surface area contributed by atoms with Gasteiger partial charge >= 0.3 is 0 Å². The summed E-state index contributed by atoms with van der Waals surface area (Å²) in [5, 5.41) is 4.12. The Balaban J connectivity index is 1.84. The third-order valence-corrected chi connectivity index (χ3v) is 4.40. The second-order valence-electron chi connectivity index (χ2n) is 5.25. The summed E-state index contributed by atoms with van der Waals surface area (Å²) < 4.78 is 5.13. The van der Waals surface area contributed by atoms with Gasteiger partial charge in [0.2, 0.25) is 0 Å². The minimum Gasteiger partial charge on any atom is -0.497 e. The number of carbonyl (C=O) groups excluding carboxylic acids is 1. The summed E-state index contributed by atoms with van der Waals surface area (Å²) in [6.45, 7) is 0.651. The van der Waals surface area contributed by atoms with Crippen LogP contribution in [0.5, 0.6) is 5.75 Å². The monoisotopic (exact) mass is 302 g/mol. The van der Waals surface area contributed by atoms with Gasteiger partial charge in [-0.05, 0) is 47.4 Å². The Labute approximate surface area is 128 Å². The molecule has 1 aliphatic carbocycles. The minimum atomic E-state index is 0.00357. The van der Waals surface area contributed by atoms with E-state index < -0.39 is 0 Å². The summed E-state index contributed by atoms with van der Waals surface area (Å²) in [5.74, 6) is 0.670. The molecule has 1 amide bonds. The lowest BCUT2D eigenvalue weighted by Gasteiger charge is -2.23. The number of anilines is 1. The second-order valence-corrected chi connectivity index (χ2v) is 6.03. The van der Waals surface area contributed by atoms with E-state index in [2.05, 4.69) is 11.4 Å². The number of benzene rings is 1. The van der Waals surface area contributed by atoms with Gasteiger partial charge in [0.05, 0.1) is 12.7 Å². The molecule has 0 spiro atoms. The standard InChI is InChI=1S/C16H18N2O2S/c1-20-13-4-5-14(15(17)8-13)16(19)18(12-2-3-12)9-11-6-7-21-10-11/h4-8,10,12H,2-3,9,17H2,1H3. The van der Waals surface area contributed by atoms with Crippen molar-refractivity contribution in [1.29, 1.82) is 0 Å². The second kappa shape index (κ2) is 5.77. The summed E-state index contributed by atoms with van der Waals surface area (Å²) in [5.41, 5.74) is 8.20. The molecular weight excluding hydrogens is 284 g/mol. The molecule has 1 aliphatic rings. The number of hydrogen-bond donors (Lipinski definition) is 1. The van der Waals surface area contributed by atoms with E-state index in [0.717, 1.165) is 12.8 Å². The van der Waals surface area contributed by atoms with Crippen LogP contribution in [0.3, 0.4) is 0 Å². The van der Waals surface area contributed by atoms with Gasteiger partial charge in [0, 0.05) is 24.3 Å². The summed E-state index contributed by atoms with van der Waals surface area (Å²) in [7, 11) is 1.59. The first kappa shape index (κ1) is 13.9. The van der Waals surface area contributed by atoms with Crippen LogP contribution in [0.15, 0.2) is 35.0 Å². The molecule has 4 nitrogen and oxygen atoms in total. The van der Waals surface area contributed by atoms with Gasteiger partial charge in [0.1, 0.15) is 5.75 Å². The maximum Gasteiger partial charge on any atom is 0.256 e. The highest BCUT2D eigenvalue weighted by atomic mass is 32.1. The molecule has 0 saturated heterocycles. The Morgan fingerprint density at radius 3 is 2.81 bits per heavy atom. The van der Waals surface area contributed by atoms with E-state index >= 15 is 0 Å². The summed E-state index contributed by atoms with van der Waals surface area (Å²) in [4.78, 5) is 14.7. The lowest BCUT2D eigenvalue weighted by Crippen LogP contribution is -2.33. The molecule has 3 rings (SSSR count). The SMILES string of the molecule is COc1ccc(C(=O)N(Cc2ccsc2)C2CC2)c(N)c1. The minimum absolute atomic E-state index is 0.00357. The van der Waals surface area contributed by atoms with Crippen LogP contribution in [0.2, 0.25) is 0 Å². The number of amides is 1. The van der Waals surface area contributed by atoms with Crippen molar-refractivity contribution < 1.29 is 9.53 Å². The molecule has 110 valence electrons. The molecule has 1 saturated carbocycles. The van der Waals surface area contributed by atoms with Crippen LogP contribution in [0.1, 0.15) is 28.8 Å². The van der Waals surface area contributed by atoms with Crippen molar-refractivity contribution in [2.75, 3.05) is 12.8 Å². The Morgan fingerprint density at radius 2 is 2.24 bits per heavy atom. The zero-order chi connectivity index (χ0) is 14.8. The first-order chi connectivity index (χ1) is 10.2.